The second kappa shape index (κ2) is 10.4. The largest absolute Gasteiger partial charge is 0.459 e. The van der Waals surface area contributed by atoms with E-state index >= 15 is 0 Å². The van der Waals surface area contributed by atoms with Crippen molar-refractivity contribution in [1.82, 2.24) is 5.32 Å². The van der Waals surface area contributed by atoms with Gasteiger partial charge in [-0.05, 0) is 67.5 Å². The van der Waals surface area contributed by atoms with Gasteiger partial charge in [-0.15, -0.1) is 0 Å². The minimum Gasteiger partial charge on any atom is -0.459 e. The van der Waals surface area contributed by atoms with Gasteiger partial charge in [-0.25, -0.2) is 4.79 Å². The Morgan fingerprint density at radius 3 is 2.56 bits per heavy atom. The molecule has 4 aliphatic rings. The van der Waals surface area contributed by atoms with E-state index < -0.39 is 11.9 Å². The predicted molar refractivity (Wildman–Crippen MR) is 146 cm³/mol. The van der Waals surface area contributed by atoms with Crippen LogP contribution in [0.3, 0.4) is 0 Å². The first-order chi connectivity index (χ1) is 18.9. The van der Waals surface area contributed by atoms with Gasteiger partial charge >= 0.3 is 5.97 Å². The van der Waals surface area contributed by atoms with Crippen molar-refractivity contribution in [3.63, 3.8) is 0 Å². The highest BCUT2D eigenvalue weighted by molar-refractivity contribution is 6.04. The van der Waals surface area contributed by atoms with Gasteiger partial charge in [-0.3, -0.25) is 4.79 Å². The van der Waals surface area contributed by atoms with Crippen molar-refractivity contribution in [2.45, 2.75) is 50.5 Å². The van der Waals surface area contributed by atoms with Crippen LogP contribution in [-0.2, 0) is 19.1 Å². The lowest BCUT2D eigenvalue weighted by Gasteiger charge is -2.37. The SMILES string of the molecule is CC1=C(C(=O)OC[C@H]2CCCO2)[C@@H](c2ccc3c(c2)OCO3)C2=C(C[C@@H](c3ccc(N(C)C)cc3)CC2=O)N1. The number of ether oxygens (including phenoxy) is 4. The van der Waals surface area contributed by atoms with Crippen LogP contribution in [0.1, 0.15) is 55.6 Å². The molecule has 3 atom stereocenters. The van der Waals surface area contributed by atoms with E-state index in [0.29, 0.717) is 47.8 Å². The molecule has 1 N–H and O–H groups in total. The number of carbonyl (C=O) groups is 2. The number of hydrogen-bond donors (Lipinski definition) is 1. The van der Waals surface area contributed by atoms with Gasteiger partial charge < -0.3 is 29.2 Å². The molecule has 1 saturated heterocycles. The van der Waals surface area contributed by atoms with Crippen molar-refractivity contribution < 1.29 is 28.5 Å². The molecule has 3 heterocycles. The second-order valence-corrected chi connectivity index (χ2v) is 10.8. The zero-order valence-electron chi connectivity index (χ0n) is 22.6. The number of rotatable bonds is 6. The Kier molecular flexibility index (Phi) is 6.81. The molecule has 1 fully saturated rings. The summed E-state index contributed by atoms with van der Waals surface area (Å²) in [5.74, 6) is 0.362. The minimum absolute atomic E-state index is 0.0324. The summed E-state index contributed by atoms with van der Waals surface area (Å²) >= 11 is 0. The maximum Gasteiger partial charge on any atom is 0.336 e. The van der Waals surface area contributed by atoms with Crippen molar-refractivity contribution in [3.05, 3.63) is 76.1 Å². The van der Waals surface area contributed by atoms with E-state index in [1.807, 2.05) is 39.2 Å². The second-order valence-electron chi connectivity index (χ2n) is 10.8. The van der Waals surface area contributed by atoms with Gasteiger partial charge in [-0.2, -0.15) is 0 Å². The molecule has 2 aromatic rings. The highest BCUT2D eigenvalue weighted by atomic mass is 16.7. The highest BCUT2D eigenvalue weighted by Gasteiger charge is 2.42. The summed E-state index contributed by atoms with van der Waals surface area (Å²) in [5, 5.41) is 3.43. The van der Waals surface area contributed by atoms with Crippen LogP contribution in [0.4, 0.5) is 5.69 Å². The number of allylic oxidation sites excluding steroid dienone is 3. The lowest BCUT2D eigenvalue weighted by Crippen LogP contribution is -2.36. The molecular formula is C31H34N2O6. The van der Waals surface area contributed by atoms with Crippen molar-refractivity contribution in [1.29, 1.82) is 0 Å². The lowest BCUT2D eigenvalue weighted by molar-refractivity contribution is -0.142. The summed E-state index contributed by atoms with van der Waals surface area (Å²) < 4.78 is 22.6. The number of nitrogens with one attached hydrogen (secondary N) is 1. The molecular weight excluding hydrogens is 496 g/mol. The summed E-state index contributed by atoms with van der Waals surface area (Å²) in [6.45, 7) is 2.92. The quantitative estimate of drug-likeness (QED) is 0.544. The Labute approximate surface area is 228 Å². The van der Waals surface area contributed by atoms with Crippen molar-refractivity contribution in [2.24, 2.45) is 0 Å². The van der Waals surface area contributed by atoms with Gasteiger partial charge in [0.15, 0.2) is 17.3 Å². The van der Waals surface area contributed by atoms with E-state index in [0.717, 1.165) is 35.4 Å². The van der Waals surface area contributed by atoms with Crippen molar-refractivity contribution in [2.75, 3.05) is 39.0 Å². The standard InChI is InChI=1S/C31H34N2O6/c1-18-28(31(35)37-16-23-5-4-12-36-23)29(20-8-11-26-27(15-20)39-17-38-26)30-24(32-18)13-21(14-25(30)34)19-6-9-22(10-7-19)33(2)3/h6-11,15,21,23,29,32H,4-5,12-14,16-17H2,1-3H3/t21-,23-,29-/m1/s1. The Bertz CT molecular complexity index is 1350. The number of dihydropyridines is 1. The average Bonchev–Trinajstić information content (AvgIpc) is 3.62. The number of esters is 1. The van der Waals surface area contributed by atoms with Crippen LogP contribution in [0.5, 0.6) is 11.5 Å². The van der Waals surface area contributed by atoms with Crippen LogP contribution < -0.4 is 19.7 Å². The monoisotopic (exact) mass is 530 g/mol. The molecule has 6 rings (SSSR count). The molecule has 2 aromatic carbocycles. The molecule has 1 aliphatic carbocycles. The molecule has 3 aliphatic heterocycles. The number of ketones is 1. The van der Waals surface area contributed by atoms with Crippen molar-refractivity contribution >= 4 is 17.4 Å². The topological polar surface area (TPSA) is 86.3 Å². The maximum atomic E-state index is 13.9. The van der Waals surface area contributed by atoms with Crippen LogP contribution in [0.15, 0.2) is 65.0 Å². The molecule has 8 nitrogen and oxygen atoms in total. The van der Waals surface area contributed by atoms with Crippen LogP contribution in [0, 0.1) is 0 Å². The maximum absolute atomic E-state index is 13.9. The Hall–Kier alpha value is -3.78. The molecule has 0 aromatic heterocycles. The van der Waals surface area contributed by atoms with E-state index in [1.54, 1.807) is 0 Å². The van der Waals surface area contributed by atoms with E-state index in [9.17, 15) is 9.59 Å². The predicted octanol–water partition coefficient (Wildman–Crippen LogP) is 4.57. The fraction of sp³-hybridized carbons (Fsp3) is 0.419. The third-order valence-corrected chi connectivity index (χ3v) is 8.08. The van der Waals surface area contributed by atoms with Crippen LogP contribution in [-0.4, -0.2) is 52.0 Å². The Morgan fingerprint density at radius 2 is 1.82 bits per heavy atom. The first-order valence-corrected chi connectivity index (χ1v) is 13.6. The number of carbonyl (C=O) groups excluding carboxylic acids is 2. The van der Waals surface area contributed by atoms with Gasteiger partial charge in [0.05, 0.1) is 11.7 Å². The van der Waals surface area contributed by atoms with Crippen LogP contribution in [0.2, 0.25) is 0 Å². The van der Waals surface area contributed by atoms with Gasteiger partial charge in [0.1, 0.15) is 6.61 Å². The molecule has 0 radical (unpaired) electrons. The number of benzene rings is 2. The Balaban J connectivity index is 1.34. The summed E-state index contributed by atoms with van der Waals surface area (Å²) in [6.07, 6.45) is 2.81. The first kappa shape index (κ1) is 25.5. The summed E-state index contributed by atoms with van der Waals surface area (Å²) in [5.41, 5.74) is 5.69. The minimum atomic E-state index is -0.558. The fourth-order valence-electron chi connectivity index (χ4n) is 6.04. The Morgan fingerprint density at radius 1 is 1.05 bits per heavy atom. The van der Waals surface area contributed by atoms with Crippen molar-refractivity contribution in [3.8, 4) is 11.5 Å². The number of Topliss-reactive ketones (excluding diaryl/α,β-unsaturated/α-hetero) is 1. The van der Waals surface area contributed by atoms with Gasteiger partial charge in [0, 0.05) is 55.7 Å². The molecule has 8 heteroatoms. The molecule has 0 bridgehead atoms. The number of nitrogens with zero attached hydrogens (tertiary/aromatic N) is 1. The third-order valence-electron chi connectivity index (χ3n) is 8.08. The lowest BCUT2D eigenvalue weighted by atomic mass is 9.71. The van der Waals surface area contributed by atoms with E-state index in [2.05, 4.69) is 34.5 Å². The number of anilines is 1. The van der Waals surface area contributed by atoms with E-state index in [-0.39, 0.29) is 31.2 Å². The number of hydrogen-bond acceptors (Lipinski definition) is 8. The number of fused-ring (bicyclic) bond motifs is 1. The van der Waals surface area contributed by atoms with Crippen LogP contribution in [0.25, 0.3) is 0 Å². The van der Waals surface area contributed by atoms with E-state index in [1.165, 1.54) is 0 Å². The molecule has 0 spiro atoms. The smallest absolute Gasteiger partial charge is 0.336 e. The van der Waals surface area contributed by atoms with Gasteiger partial charge in [0.25, 0.3) is 0 Å². The molecule has 0 unspecified atom stereocenters. The molecule has 204 valence electrons. The fourth-order valence-corrected chi connectivity index (χ4v) is 6.04. The molecule has 0 saturated carbocycles. The first-order valence-electron chi connectivity index (χ1n) is 13.6. The molecule has 0 amide bonds. The van der Waals surface area contributed by atoms with E-state index in [4.69, 9.17) is 18.9 Å². The molecule has 39 heavy (non-hydrogen) atoms. The normalized spacial score (nSPS) is 24.0. The van der Waals surface area contributed by atoms with Gasteiger partial charge in [-0.1, -0.05) is 18.2 Å². The zero-order valence-corrected chi connectivity index (χ0v) is 22.6. The van der Waals surface area contributed by atoms with Gasteiger partial charge in [0.2, 0.25) is 6.79 Å². The van der Waals surface area contributed by atoms with Crippen LogP contribution >= 0.6 is 0 Å². The third kappa shape index (κ3) is 4.89. The zero-order chi connectivity index (χ0) is 27.1. The summed E-state index contributed by atoms with van der Waals surface area (Å²) in [6, 6.07) is 14.0. The average molecular weight is 531 g/mol. The summed E-state index contributed by atoms with van der Waals surface area (Å²) in [4.78, 5) is 29.5. The highest BCUT2D eigenvalue weighted by Crippen LogP contribution is 2.47. The summed E-state index contributed by atoms with van der Waals surface area (Å²) in [7, 11) is 4.02.